The molecule has 34 heavy (non-hydrogen) atoms. The molecular formula is C26H35N5O3. The molecule has 1 heterocycles. The maximum Gasteiger partial charge on any atom is 0.239 e. The van der Waals surface area contributed by atoms with Crippen LogP contribution in [-0.2, 0) is 9.59 Å². The Hall–Kier alpha value is -3.31. The van der Waals surface area contributed by atoms with Crippen LogP contribution in [0.1, 0.15) is 61.9 Å². The number of rotatable bonds is 9. The van der Waals surface area contributed by atoms with E-state index in [1.54, 1.807) is 36.3 Å². The Morgan fingerprint density at radius 3 is 2.26 bits per heavy atom. The number of anilines is 2. The van der Waals surface area contributed by atoms with Crippen LogP contribution in [-0.4, -0.2) is 48.0 Å². The maximum absolute atomic E-state index is 13.0. The summed E-state index contributed by atoms with van der Waals surface area (Å²) in [6, 6.07) is 9.67. The highest BCUT2D eigenvalue weighted by molar-refractivity contribution is 5.95. The summed E-state index contributed by atoms with van der Waals surface area (Å²) in [6.07, 6.45) is 5.64. The quantitative estimate of drug-likeness (QED) is 0.572. The summed E-state index contributed by atoms with van der Waals surface area (Å²) in [7, 11) is 1.59. The van der Waals surface area contributed by atoms with Crippen LogP contribution in [0.4, 0.5) is 11.5 Å². The second-order valence-corrected chi connectivity index (χ2v) is 8.84. The van der Waals surface area contributed by atoms with Gasteiger partial charge in [-0.15, -0.1) is 0 Å². The van der Waals surface area contributed by atoms with Gasteiger partial charge in [0, 0.05) is 17.4 Å². The van der Waals surface area contributed by atoms with Crippen LogP contribution in [0.5, 0.6) is 5.75 Å². The Kier molecular flexibility index (Phi) is 8.72. The summed E-state index contributed by atoms with van der Waals surface area (Å²) in [4.78, 5) is 27.3. The zero-order valence-electron chi connectivity index (χ0n) is 20.6. The van der Waals surface area contributed by atoms with Crippen molar-refractivity contribution in [3.63, 3.8) is 0 Å². The fourth-order valence-electron chi connectivity index (χ4n) is 4.61. The van der Waals surface area contributed by atoms with Gasteiger partial charge in [0.15, 0.2) is 0 Å². The van der Waals surface area contributed by atoms with Crippen molar-refractivity contribution in [2.24, 2.45) is 0 Å². The van der Waals surface area contributed by atoms with Crippen molar-refractivity contribution in [2.75, 3.05) is 37.4 Å². The van der Waals surface area contributed by atoms with E-state index >= 15 is 0 Å². The lowest BCUT2D eigenvalue weighted by atomic mass is 9.95. The van der Waals surface area contributed by atoms with E-state index in [0.717, 1.165) is 36.9 Å². The van der Waals surface area contributed by atoms with Gasteiger partial charge in [-0.05, 0) is 63.1 Å². The second kappa shape index (κ2) is 11.7. The molecule has 1 fully saturated rings. The minimum absolute atomic E-state index is 0.0609. The van der Waals surface area contributed by atoms with Crippen molar-refractivity contribution in [1.82, 2.24) is 9.47 Å². The smallest absolute Gasteiger partial charge is 0.239 e. The van der Waals surface area contributed by atoms with E-state index in [9.17, 15) is 14.9 Å². The molecule has 8 nitrogen and oxygen atoms in total. The number of nitriles is 1. The van der Waals surface area contributed by atoms with Crippen molar-refractivity contribution < 1.29 is 14.3 Å². The third kappa shape index (κ3) is 5.97. The van der Waals surface area contributed by atoms with Gasteiger partial charge in [0.25, 0.3) is 0 Å². The van der Waals surface area contributed by atoms with E-state index in [0.29, 0.717) is 35.4 Å². The molecule has 2 N–H and O–H groups in total. The summed E-state index contributed by atoms with van der Waals surface area (Å²) in [5.74, 6) is 0.873. The normalized spacial score (nSPS) is 14.0. The standard InChI is InChI=1S/C26H35N5O3/c1-5-30(16-24(32)28-20-11-13-22(34-4)14-12-20)17-25(33)29-26-23(15-27)18(2)19(3)31(26)21-9-7-6-8-10-21/h11-14,21H,5-10,16-17H2,1-4H3,(H,28,32)(H,29,33). The molecule has 0 radical (unpaired) electrons. The van der Waals surface area contributed by atoms with Crippen molar-refractivity contribution in [3.05, 3.63) is 41.1 Å². The highest BCUT2D eigenvalue weighted by Gasteiger charge is 2.26. The van der Waals surface area contributed by atoms with Gasteiger partial charge in [-0.1, -0.05) is 26.2 Å². The number of carbonyl (C=O) groups is 2. The number of ether oxygens (including phenoxy) is 1. The first-order valence-electron chi connectivity index (χ1n) is 12.0. The number of carbonyl (C=O) groups excluding carboxylic acids is 2. The number of nitrogens with one attached hydrogen (secondary N) is 2. The topological polar surface area (TPSA) is 99.4 Å². The van der Waals surface area contributed by atoms with Gasteiger partial charge in [0.2, 0.25) is 11.8 Å². The minimum Gasteiger partial charge on any atom is -0.497 e. The molecule has 8 heteroatoms. The maximum atomic E-state index is 13.0. The Labute approximate surface area is 201 Å². The van der Waals surface area contributed by atoms with Crippen molar-refractivity contribution in [3.8, 4) is 11.8 Å². The van der Waals surface area contributed by atoms with Gasteiger partial charge in [0.1, 0.15) is 17.6 Å². The highest BCUT2D eigenvalue weighted by Crippen LogP contribution is 2.36. The van der Waals surface area contributed by atoms with Crippen molar-refractivity contribution in [1.29, 1.82) is 5.26 Å². The van der Waals surface area contributed by atoms with E-state index in [4.69, 9.17) is 4.74 Å². The molecule has 0 atom stereocenters. The average molecular weight is 466 g/mol. The molecule has 0 aliphatic heterocycles. The highest BCUT2D eigenvalue weighted by atomic mass is 16.5. The van der Waals surface area contributed by atoms with Gasteiger partial charge in [-0.25, -0.2) is 0 Å². The number of likely N-dealkylation sites (N-methyl/N-ethyl adjacent to an activating group) is 1. The van der Waals surface area contributed by atoms with Crippen LogP contribution in [0, 0.1) is 25.2 Å². The minimum atomic E-state index is -0.231. The molecule has 0 unspecified atom stereocenters. The molecular weight excluding hydrogens is 430 g/mol. The summed E-state index contributed by atoms with van der Waals surface area (Å²) in [5.41, 5.74) is 3.14. The molecule has 0 bridgehead atoms. The predicted molar refractivity (Wildman–Crippen MR) is 133 cm³/mol. The van der Waals surface area contributed by atoms with Crippen molar-refractivity contribution in [2.45, 2.75) is 58.9 Å². The van der Waals surface area contributed by atoms with Gasteiger partial charge < -0.3 is 19.9 Å². The molecule has 0 spiro atoms. The SMILES string of the molecule is CCN(CC(=O)Nc1ccc(OC)cc1)CC(=O)Nc1c(C#N)c(C)c(C)n1C1CCCCC1. The lowest BCUT2D eigenvalue weighted by Crippen LogP contribution is -2.39. The third-order valence-electron chi connectivity index (χ3n) is 6.62. The molecule has 1 saturated carbocycles. The van der Waals surface area contributed by atoms with Crippen LogP contribution in [0.25, 0.3) is 0 Å². The molecule has 1 aromatic carbocycles. The molecule has 2 amide bonds. The Bertz CT molecular complexity index is 1050. The lowest BCUT2D eigenvalue weighted by molar-refractivity contribution is -0.119. The Morgan fingerprint density at radius 1 is 1.09 bits per heavy atom. The molecule has 182 valence electrons. The van der Waals surface area contributed by atoms with E-state index < -0.39 is 0 Å². The fraction of sp³-hybridized carbons (Fsp3) is 0.500. The molecule has 0 saturated heterocycles. The van der Waals surface area contributed by atoms with Crippen LogP contribution < -0.4 is 15.4 Å². The number of hydrogen-bond donors (Lipinski definition) is 2. The summed E-state index contributed by atoms with van der Waals surface area (Å²) < 4.78 is 7.28. The average Bonchev–Trinajstić information content (AvgIpc) is 3.08. The first-order chi connectivity index (χ1) is 16.4. The van der Waals surface area contributed by atoms with Crippen molar-refractivity contribution >= 4 is 23.3 Å². The molecule has 3 rings (SSSR count). The second-order valence-electron chi connectivity index (χ2n) is 8.84. The van der Waals surface area contributed by atoms with Crippen LogP contribution in [0.15, 0.2) is 24.3 Å². The monoisotopic (exact) mass is 465 g/mol. The Balaban J connectivity index is 1.67. The summed E-state index contributed by atoms with van der Waals surface area (Å²) in [5, 5.41) is 15.6. The number of amides is 2. The van der Waals surface area contributed by atoms with Gasteiger partial charge in [0.05, 0.1) is 25.8 Å². The van der Waals surface area contributed by atoms with E-state index in [1.807, 2.05) is 20.8 Å². The van der Waals surface area contributed by atoms with Crippen LogP contribution in [0.2, 0.25) is 0 Å². The lowest BCUT2D eigenvalue weighted by Gasteiger charge is -2.27. The van der Waals surface area contributed by atoms with Crippen LogP contribution >= 0.6 is 0 Å². The van der Waals surface area contributed by atoms with Crippen LogP contribution in [0.3, 0.4) is 0 Å². The number of hydrogen-bond acceptors (Lipinski definition) is 5. The number of methoxy groups -OCH3 is 1. The fourth-order valence-corrected chi connectivity index (χ4v) is 4.61. The molecule has 1 aliphatic carbocycles. The molecule has 1 aliphatic rings. The zero-order chi connectivity index (χ0) is 24.7. The zero-order valence-corrected chi connectivity index (χ0v) is 20.6. The van der Waals surface area contributed by atoms with E-state index in [-0.39, 0.29) is 24.9 Å². The largest absolute Gasteiger partial charge is 0.497 e. The van der Waals surface area contributed by atoms with Gasteiger partial charge >= 0.3 is 0 Å². The Morgan fingerprint density at radius 2 is 1.71 bits per heavy atom. The van der Waals surface area contributed by atoms with Gasteiger partial charge in [-0.3, -0.25) is 14.5 Å². The van der Waals surface area contributed by atoms with E-state index in [1.165, 1.54) is 6.42 Å². The van der Waals surface area contributed by atoms with E-state index in [2.05, 4.69) is 21.3 Å². The molecule has 1 aromatic heterocycles. The summed E-state index contributed by atoms with van der Waals surface area (Å²) in [6.45, 7) is 6.55. The number of nitrogens with zero attached hydrogens (tertiary/aromatic N) is 3. The first kappa shape index (κ1) is 25.3. The third-order valence-corrected chi connectivity index (χ3v) is 6.62. The summed E-state index contributed by atoms with van der Waals surface area (Å²) >= 11 is 0. The predicted octanol–water partition coefficient (Wildman–Crippen LogP) is 4.39. The molecule has 2 aromatic rings. The van der Waals surface area contributed by atoms with Gasteiger partial charge in [-0.2, -0.15) is 5.26 Å². The number of benzene rings is 1. The first-order valence-corrected chi connectivity index (χ1v) is 12.0. The number of aromatic nitrogens is 1.